The fraction of sp³-hybridized carbons (Fsp3) is 0.417. The van der Waals surface area contributed by atoms with E-state index in [4.69, 9.17) is 11.6 Å². The molecule has 1 aromatic carbocycles. The van der Waals surface area contributed by atoms with E-state index < -0.39 is 0 Å². The quantitative estimate of drug-likeness (QED) is 0.786. The summed E-state index contributed by atoms with van der Waals surface area (Å²) in [5.41, 5.74) is 1.13. The molecule has 0 aliphatic rings. The first-order chi connectivity index (χ1) is 7.00. The maximum atomic E-state index is 11.0. The molecular weight excluding hydrogens is 210 g/mol. The van der Waals surface area contributed by atoms with E-state index in [0.717, 1.165) is 10.6 Å². The van der Waals surface area contributed by atoms with Gasteiger partial charge in [0, 0.05) is 11.1 Å². The number of nitrogens with zero attached hydrogens (tertiary/aromatic N) is 1. The third-order valence-electron chi connectivity index (χ3n) is 2.46. The van der Waals surface area contributed by atoms with Gasteiger partial charge in [-0.2, -0.15) is 0 Å². The molecule has 0 aromatic heterocycles. The molecule has 1 unspecified atom stereocenters. The summed E-state index contributed by atoms with van der Waals surface area (Å²) in [5, 5.41) is 0.732. The summed E-state index contributed by atoms with van der Waals surface area (Å²) in [6.07, 6.45) is 0. The number of Topliss-reactive ketones (excluding diaryl/α,β-unsaturated/α-hetero) is 1. The lowest BCUT2D eigenvalue weighted by atomic mass is 10.1. The predicted octanol–water partition coefficient (Wildman–Crippen LogP) is 2.92. The van der Waals surface area contributed by atoms with Crippen molar-refractivity contribution in [3.05, 3.63) is 34.9 Å². The van der Waals surface area contributed by atoms with Gasteiger partial charge in [0.05, 0.1) is 6.54 Å². The lowest BCUT2D eigenvalue weighted by molar-refractivity contribution is -0.118. The fourth-order valence-corrected chi connectivity index (χ4v) is 1.71. The molecule has 15 heavy (non-hydrogen) atoms. The van der Waals surface area contributed by atoms with Gasteiger partial charge >= 0.3 is 0 Å². The number of carbonyl (C=O) groups excluding carboxylic acids is 1. The molecule has 0 saturated carbocycles. The molecule has 3 heteroatoms. The number of halogens is 1. The molecule has 0 fully saturated rings. The Labute approximate surface area is 95.8 Å². The molecule has 0 bridgehead atoms. The molecule has 0 N–H and O–H groups in total. The summed E-state index contributed by atoms with van der Waals surface area (Å²) < 4.78 is 0. The zero-order valence-corrected chi connectivity index (χ0v) is 10.1. The highest BCUT2D eigenvalue weighted by Gasteiger charge is 2.12. The van der Waals surface area contributed by atoms with E-state index in [1.165, 1.54) is 0 Å². The Morgan fingerprint density at radius 2 is 2.20 bits per heavy atom. The summed E-state index contributed by atoms with van der Waals surface area (Å²) >= 11 is 5.91. The monoisotopic (exact) mass is 225 g/mol. The number of hydrogen-bond donors (Lipinski definition) is 0. The van der Waals surface area contributed by atoms with E-state index in [9.17, 15) is 4.79 Å². The van der Waals surface area contributed by atoms with Crippen molar-refractivity contribution in [3.63, 3.8) is 0 Å². The second kappa shape index (κ2) is 5.29. The van der Waals surface area contributed by atoms with Crippen LogP contribution in [0.2, 0.25) is 5.02 Å². The third-order valence-corrected chi connectivity index (χ3v) is 2.70. The molecule has 0 spiro atoms. The Kier molecular flexibility index (Phi) is 4.30. The highest BCUT2D eigenvalue weighted by atomic mass is 35.5. The maximum Gasteiger partial charge on any atom is 0.143 e. The van der Waals surface area contributed by atoms with E-state index in [1.807, 2.05) is 36.2 Å². The number of rotatable bonds is 4. The lowest BCUT2D eigenvalue weighted by Crippen LogP contribution is -2.27. The van der Waals surface area contributed by atoms with Crippen LogP contribution in [0.15, 0.2) is 24.3 Å². The molecule has 82 valence electrons. The van der Waals surface area contributed by atoms with Crippen molar-refractivity contribution >= 4 is 17.4 Å². The largest absolute Gasteiger partial charge is 0.299 e. The van der Waals surface area contributed by atoms with Crippen LogP contribution >= 0.6 is 11.6 Å². The molecule has 1 aromatic rings. The van der Waals surface area contributed by atoms with Gasteiger partial charge in [-0.3, -0.25) is 9.69 Å². The van der Waals surface area contributed by atoms with Crippen molar-refractivity contribution in [1.29, 1.82) is 0 Å². The van der Waals surface area contributed by atoms with Crippen molar-refractivity contribution in [2.24, 2.45) is 0 Å². The Morgan fingerprint density at radius 3 is 2.73 bits per heavy atom. The van der Waals surface area contributed by atoms with Gasteiger partial charge in [-0.15, -0.1) is 0 Å². The lowest BCUT2D eigenvalue weighted by Gasteiger charge is -2.23. The van der Waals surface area contributed by atoms with Crippen LogP contribution in [0, 0.1) is 0 Å². The van der Waals surface area contributed by atoms with Crippen LogP contribution in [0.5, 0.6) is 0 Å². The molecule has 0 radical (unpaired) electrons. The van der Waals surface area contributed by atoms with Gasteiger partial charge in [-0.05, 0) is 38.6 Å². The molecule has 0 aliphatic heterocycles. The molecule has 2 nitrogen and oxygen atoms in total. The van der Waals surface area contributed by atoms with Crippen LogP contribution in [0.25, 0.3) is 0 Å². The Hall–Kier alpha value is -0.860. The average molecular weight is 226 g/mol. The van der Waals surface area contributed by atoms with Gasteiger partial charge in [0.25, 0.3) is 0 Å². The van der Waals surface area contributed by atoms with Crippen LogP contribution in [0.4, 0.5) is 0 Å². The van der Waals surface area contributed by atoms with Crippen molar-refractivity contribution in [3.8, 4) is 0 Å². The summed E-state index contributed by atoms with van der Waals surface area (Å²) in [4.78, 5) is 13.0. The second-order valence-electron chi connectivity index (χ2n) is 3.85. The summed E-state index contributed by atoms with van der Waals surface area (Å²) in [6.45, 7) is 4.13. The highest BCUT2D eigenvalue weighted by Crippen LogP contribution is 2.21. The molecule has 0 aliphatic carbocycles. The smallest absolute Gasteiger partial charge is 0.143 e. The highest BCUT2D eigenvalue weighted by molar-refractivity contribution is 6.30. The zero-order chi connectivity index (χ0) is 11.4. The van der Waals surface area contributed by atoms with Gasteiger partial charge < -0.3 is 0 Å². The van der Waals surface area contributed by atoms with Crippen molar-refractivity contribution in [2.75, 3.05) is 13.6 Å². The van der Waals surface area contributed by atoms with Crippen LogP contribution in [-0.4, -0.2) is 24.3 Å². The third kappa shape index (κ3) is 3.65. The van der Waals surface area contributed by atoms with Gasteiger partial charge in [-0.25, -0.2) is 0 Å². The van der Waals surface area contributed by atoms with E-state index in [-0.39, 0.29) is 11.8 Å². The average Bonchev–Trinajstić information content (AvgIpc) is 2.15. The van der Waals surface area contributed by atoms with Gasteiger partial charge in [0.1, 0.15) is 5.78 Å². The number of ketones is 1. The van der Waals surface area contributed by atoms with Gasteiger partial charge in [-0.1, -0.05) is 23.7 Å². The summed E-state index contributed by atoms with van der Waals surface area (Å²) in [7, 11) is 1.94. The predicted molar refractivity (Wildman–Crippen MR) is 63.2 cm³/mol. The standard InChI is InChI=1S/C12H16ClNO/c1-9(15)8-14(3)10(2)11-5-4-6-12(13)7-11/h4-7,10H,8H2,1-3H3. The van der Waals surface area contributed by atoms with Crippen LogP contribution in [0.1, 0.15) is 25.5 Å². The molecule has 1 atom stereocenters. The topological polar surface area (TPSA) is 20.3 Å². The van der Waals surface area contributed by atoms with Crippen molar-refractivity contribution in [1.82, 2.24) is 4.90 Å². The summed E-state index contributed by atoms with van der Waals surface area (Å²) in [5.74, 6) is 0.173. The van der Waals surface area contributed by atoms with Crippen LogP contribution < -0.4 is 0 Å². The molecular formula is C12H16ClNO. The molecule has 0 saturated heterocycles. The normalized spacial score (nSPS) is 12.9. The van der Waals surface area contributed by atoms with Gasteiger partial charge in [0.15, 0.2) is 0 Å². The van der Waals surface area contributed by atoms with Gasteiger partial charge in [0.2, 0.25) is 0 Å². The van der Waals surface area contributed by atoms with E-state index in [0.29, 0.717) is 6.54 Å². The van der Waals surface area contributed by atoms with E-state index in [1.54, 1.807) is 6.92 Å². The van der Waals surface area contributed by atoms with E-state index >= 15 is 0 Å². The molecule has 0 heterocycles. The van der Waals surface area contributed by atoms with E-state index in [2.05, 4.69) is 6.92 Å². The second-order valence-corrected chi connectivity index (χ2v) is 4.28. The number of hydrogen-bond acceptors (Lipinski definition) is 2. The first kappa shape index (κ1) is 12.2. The van der Waals surface area contributed by atoms with Crippen LogP contribution in [-0.2, 0) is 4.79 Å². The fourth-order valence-electron chi connectivity index (χ4n) is 1.51. The Bertz CT molecular complexity index is 351. The van der Waals surface area contributed by atoms with Crippen LogP contribution in [0.3, 0.4) is 0 Å². The maximum absolute atomic E-state index is 11.0. The summed E-state index contributed by atoms with van der Waals surface area (Å²) in [6, 6.07) is 7.93. The van der Waals surface area contributed by atoms with Crippen molar-refractivity contribution < 1.29 is 4.79 Å². The first-order valence-electron chi connectivity index (χ1n) is 4.96. The number of carbonyl (C=O) groups is 1. The minimum atomic E-state index is 0.173. The number of likely N-dealkylation sites (N-methyl/N-ethyl adjacent to an activating group) is 1. The SMILES string of the molecule is CC(=O)CN(C)C(C)c1cccc(Cl)c1. The van der Waals surface area contributed by atoms with Crippen molar-refractivity contribution in [2.45, 2.75) is 19.9 Å². The Morgan fingerprint density at radius 1 is 1.53 bits per heavy atom. The molecule has 0 amide bonds. The Balaban J connectivity index is 2.75. The minimum absolute atomic E-state index is 0.173. The molecule has 1 rings (SSSR count). The minimum Gasteiger partial charge on any atom is -0.299 e. The first-order valence-corrected chi connectivity index (χ1v) is 5.33. The zero-order valence-electron chi connectivity index (χ0n) is 9.33. The number of benzene rings is 1.